The second kappa shape index (κ2) is 11.0. The number of hydrogen-bond donors (Lipinski definition) is 2. The molecule has 158 valence electrons. The summed E-state index contributed by atoms with van der Waals surface area (Å²) in [5.41, 5.74) is 4.29. The van der Waals surface area contributed by atoms with E-state index in [0.29, 0.717) is 11.3 Å². The van der Waals surface area contributed by atoms with Crippen molar-refractivity contribution in [1.82, 2.24) is 10.9 Å². The van der Waals surface area contributed by atoms with Crippen molar-refractivity contribution >= 4 is 23.5 Å². The lowest BCUT2D eigenvalue weighted by atomic mass is 10.2. The molecule has 11 nitrogen and oxygen atoms in total. The number of hydrogen-bond acceptors (Lipinski definition) is 8. The van der Waals surface area contributed by atoms with E-state index in [2.05, 4.69) is 10.9 Å². The molecule has 0 bridgehead atoms. The van der Waals surface area contributed by atoms with E-state index >= 15 is 0 Å². The number of nitro benzene ring substituents is 1. The van der Waals surface area contributed by atoms with Gasteiger partial charge >= 0.3 is 11.7 Å². The Morgan fingerprint density at radius 2 is 1.53 bits per heavy atom. The number of nitro groups is 1. The van der Waals surface area contributed by atoms with Gasteiger partial charge in [0, 0.05) is 6.07 Å². The van der Waals surface area contributed by atoms with Gasteiger partial charge in [0.25, 0.3) is 11.8 Å². The zero-order valence-corrected chi connectivity index (χ0v) is 16.0. The number of rotatable bonds is 9. The summed E-state index contributed by atoms with van der Waals surface area (Å²) in [5.74, 6) is -1.57. The molecule has 2 aromatic rings. The zero-order chi connectivity index (χ0) is 21.9. The molecule has 0 radical (unpaired) electrons. The Morgan fingerprint density at radius 1 is 0.933 bits per heavy atom. The van der Waals surface area contributed by atoms with Crippen LogP contribution in [0.25, 0.3) is 0 Å². The van der Waals surface area contributed by atoms with E-state index in [4.69, 9.17) is 14.2 Å². The molecule has 2 amide bonds. The molecule has 11 heteroatoms. The monoisotopic (exact) mass is 417 g/mol. The normalized spacial score (nSPS) is 9.90. The Labute approximate surface area is 171 Å². The van der Waals surface area contributed by atoms with Gasteiger partial charge < -0.3 is 14.2 Å². The number of esters is 1. The third-order valence-electron chi connectivity index (χ3n) is 3.50. The van der Waals surface area contributed by atoms with Gasteiger partial charge in [-0.15, -0.1) is 0 Å². The minimum absolute atomic E-state index is 0.0708. The SMILES string of the molecule is CCOC(=O)c1ccc(OCC(=O)NNC(=O)COc2ccccc2[N+](=O)[O-])cc1. The maximum atomic E-state index is 11.7. The summed E-state index contributed by atoms with van der Waals surface area (Å²) in [6.45, 7) is 1.02. The fraction of sp³-hybridized carbons (Fsp3) is 0.211. The predicted octanol–water partition coefficient (Wildman–Crippen LogP) is 1.38. The van der Waals surface area contributed by atoms with E-state index in [1.807, 2.05) is 0 Å². The number of carbonyl (C=O) groups excluding carboxylic acids is 3. The first-order chi connectivity index (χ1) is 14.4. The van der Waals surface area contributed by atoms with Gasteiger partial charge in [0.2, 0.25) is 0 Å². The maximum Gasteiger partial charge on any atom is 0.338 e. The maximum absolute atomic E-state index is 11.7. The van der Waals surface area contributed by atoms with Gasteiger partial charge in [-0.05, 0) is 37.3 Å². The molecule has 0 saturated carbocycles. The number of nitrogens with zero attached hydrogens (tertiary/aromatic N) is 1. The van der Waals surface area contributed by atoms with E-state index in [1.165, 1.54) is 48.5 Å². The number of nitrogens with one attached hydrogen (secondary N) is 2. The molecule has 0 atom stereocenters. The van der Waals surface area contributed by atoms with Gasteiger partial charge in [0.15, 0.2) is 19.0 Å². The van der Waals surface area contributed by atoms with Gasteiger partial charge in [-0.25, -0.2) is 4.79 Å². The molecule has 0 aliphatic carbocycles. The summed E-state index contributed by atoms with van der Waals surface area (Å²) in [4.78, 5) is 45.3. The molecular weight excluding hydrogens is 398 g/mol. The third-order valence-corrected chi connectivity index (χ3v) is 3.50. The number of amides is 2. The first kappa shape index (κ1) is 22.1. The standard InChI is InChI=1S/C19H19N3O8/c1-2-28-19(25)13-7-9-14(10-8-13)29-11-17(23)20-21-18(24)12-30-16-6-4-3-5-15(16)22(26)27/h3-10H,2,11-12H2,1H3,(H,20,23)(H,21,24). The molecule has 2 aromatic carbocycles. The van der Waals surface area contributed by atoms with Crippen molar-refractivity contribution in [3.8, 4) is 11.5 Å². The average molecular weight is 417 g/mol. The number of para-hydroxylation sites is 2. The van der Waals surface area contributed by atoms with Crippen LogP contribution in [0.3, 0.4) is 0 Å². The molecule has 30 heavy (non-hydrogen) atoms. The van der Waals surface area contributed by atoms with Crippen molar-refractivity contribution < 1.29 is 33.5 Å². The van der Waals surface area contributed by atoms with Crippen LogP contribution in [0.5, 0.6) is 11.5 Å². The number of benzene rings is 2. The van der Waals surface area contributed by atoms with Crippen LogP contribution in [-0.2, 0) is 14.3 Å². The van der Waals surface area contributed by atoms with Crippen LogP contribution in [0.2, 0.25) is 0 Å². The van der Waals surface area contributed by atoms with Gasteiger partial charge in [-0.3, -0.25) is 30.6 Å². The van der Waals surface area contributed by atoms with Gasteiger partial charge in [-0.1, -0.05) is 12.1 Å². The summed E-state index contributed by atoms with van der Waals surface area (Å²) < 4.78 is 15.2. The average Bonchev–Trinajstić information content (AvgIpc) is 2.75. The molecule has 0 fully saturated rings. The molecule has 0 aliphatic rings. The van der Waals surface area contributed by atoms with Crippen LogP contribution in [0, 0.1) is 10.1 Å². The fourth-order valence-electron chi connectivity index (χ4n) is 2.14. The summed E-state index contributed by atoms with van der Waals surface area (Å²) in [5, 5.41) is 10.9. The van der Waals surface area contributed by atoms with Crippen LogP contribution in [0.4, 0.5) is 5.69 Å². The van der Waals surface area contributed by atoms with Crippen molar-refractivity contribution in [3.05, 3.63) is 64.2 Å². The molecule has 0 aliphatic heterocycles. The molecule has 2 N–H and O–H groups in total. The smallest absolute Gasteiger partial charge is 0.338 e. The molecule has 2 rings (SSSR count). The van der Waals surface area contributed by atoms with Gasteiger partial charge in [0.1, 0.15) is 5.75 Å². The number of hydrazine groups is 1. The highest BCUT2D eigenvalue weighted by atomic mass is 16.6. The summed E-state index contributed by atoms with van der Waals surface area (Å²) in [7, 11) is 0. The topological polar surface area (TPSA) is 146 Å². The van der Waals surface area contributed by atoms with Gasteiger partial charge in [-0.2, -0.15) is 0 Å². The van der Waals surface area contributed by atoms with E-state index in [9.17, 15) is 24.5 Å². The Kier molecular flexibility index (Phi) is 8.12. The Morgan fingerprint density at radius 3 is 2.13 bits per heavy atom. The van der Waals surface area contributed by atoms with Crippen molar-refractivity contribution in [2.24, 2.45) is 0 Å². The number of carbonyl (C=O) groups is 3. The second-order valence-corrected chi connectivity index (χ2v) is 5.64. The molecule has 0 spiro atoms. The minimum Gasteiger partial charge on any atom is -0.484 e. The first-order valence-corrected chi connectivity index (χ1v) is 8.74. The minimum atomic E-state index is -0.722. The Bertz CT molecular complexity index is 914. The van der Waals surface area contributed by atoms with Crippen LogP contribution in [0.1, 0.15) is 17.3 Å². The molecule has 0 heterocycles. The molecule has 0 unspecified atom stereocenters. The van der Waals surface area contributed by atoms with E-state index < -0.39 is 35.9 Å². The molecule has 0 aromatic heterocycles. The second-order valence-electron chi connectivity index (χ2n) is 5.64. The first-order valence-electron chi connectivity index (χ1n) is 8.74. The van der Waals surface area contributed by atoms with Crippen LogP contribution < -0.4 is 20.3 Å². The number of ether oxygens (including phenoxy) is 3. The summed E-state index contributed by atoms with van der Waals surface area (Å²) in [6.07, 6.45) is 0. The van der Waals surface area contributed by atoms with Crippen LogP contribution >= 0.6 is 0 Å². The lowest BCUT2D eigenvalue weighted by Crippen LogP contribution is -2.45. The van der Waals surface area contributed by atoms with Crippen molar-refractivity contribution in [2.75, 3.05) is 19.8 Å². The highest BCUT2D eigenvalue weighted by Crippen LogP contribution is 2.25. The zero-order valence-electron chi connectivity index (χ0n) is 16.0. The Hall–Kier alpha value is -4.15. The van der Waals surface area contributed by atoms with Crippen LogP contribution in [-0.4, -0.2) is 42.5 Å². The third kappa shape index (κ3) is 6.78. The lowest BCUT2D eigenvalue weighted by Gasteiger charge is -2.10. The van der Waals surface area contributed by atoms with Gasteiger partial charge in [0.05, 0.1) is 17.1 Å². The Balaban J connectivity index is 1.72. The summed E-state index contributed by atoms with van der Waals surface area (Å²) in [6, 6.07) is 11.6. The largest absolute Gasteiger partial charge is 0.484 e. The van der Waals surface area contributed by atoms with Crippen molar-refractivity contribution in [3.63, 3.8) is 0 Å². The van der Waals surface area contributed by atoms with E-state index in [-0.39, 0.29) is 18.0 Å². The van der Waals surface area contributed by atoms with Crippen molar-refractivity contribution in [1.29, 1.82) is 0 Å². The highest BCUT2D eigenvalue weighted by Gasteiger charge is 2.15. The van der Waals surface area contributed by atoms with Crippen LogP contribution in [0.15, 0.2) is 48.5 Å². The molecule has 0 saturated heterocycles. The molecular formula is C19H19N3O8. The lowest BCUT2D eigenvalue weighted by molar-refractivity contribution is -0.385. The fourth-order valence-corrected chi connectivity index (χ4v) is 2.14. The van der Waals surface area contributed by atoms with E-state index in [1.54, 1.807) is 6.92 Å². The van der Waals surface area contributed by atoms with E-state index in [0.717, 1.165) is 0 Å². The predicted molar refractivity (Wildman–Crippen MR) is 103 cm³/mol. The highest BCUT2D eigenvalue weighted by molar-refractivity contribution is 5.89. The quantitative estimate of drug-likeness (QED) is 0.353. The summed E-state index contributed by atoms with van der Waals surface area (Å²) >= 11 is 0. The van der Waals surface area contributed by atoms with Crippen molar-refractivity contribution in [2.45, 2.75) is 6.92 Å².